The van der Waals surface area contributed by atoms with Crippen molar-refractivity contribution in [3.63, 3.8) is 0 Å². The lowest BCUT2D eigenvalue weighted by molar-refractivity contribution is -0.126. The summed E-state index contributed by atoms with van der Waals surface area (Å²) in [7, 11) is 3.21. The standard InChI is InChI=1S/C28H28N6O3/c1-36-24-11-9-21(19-25(24)37-2)27-22(20-34(31-27)23-7-4-3-5-8-23)10-12-26(35)32-15-17-33(18-16-32)28-29-13-6-14-30-28/h3-14,19-20H,15-18H2,1-2H3/b12-10+. The molecule has 0 radical (unpaired) electrons. The monoisotopic (exact) mass is 496 g/mol. The van der Waals surface area contributed by atoms with Gasteiger partial charge in [-0.2, -0.15) is 5.10 Å². The van der Waals surface area contributed by atoms with Crippen molar-refractivity contribution in [1.82, 2.24) is 24.6 Å². The molecule has 1 fully saturated rings. The van der Waals surface area contributed by atoms with E-state index in [-0.39, 0.29) is 5.91 Å². The molecule has 0 spiro atoms. The Morgan fingerprint density at radius 1 is 0.892 bits per heavy atom. The van der Waals surface area contributed by atoms with E-state index in [9.17, 15) is 4.79 Å². The quantitative estimate of drug-likeness (QED) is 0.361. The van der Waals surface area contributed by atoms with Crippen LogP contribution in [0.25, 0.3) is 23.0 Å². The highest BCUT2D eigenvalue weighted by atomic mass is 16.5. The molecule has 9 heteroatoms. The van der Waals surface area contributed by atoms with Crippen molar-refractivity contribution in [2.24, 2.45) is 0 Å². The Bertz CT molecular complexity index is 1380. The lowest BCUT2D eigenvalue weighted by atomic mass is 10.1. The topological polar surface area (TPSA) is 85.6 Å². The van der Waals surface area contributed by atoms with Crippen LogP contribution in [0.5, 0.6) is 11.5 Å². The van der Waals surface area contributed by atoms with E-state index in [0.29, 0.717) is 43.6 Å². The first-order valence-corrected chi connectivity index (χ1v) is 12.0. The van der Waals surface area contributed by atoms with E-state index in [1.54, 1.807) is 38.8 Å². The second-order valence-electron chi connectivity index (χ2n) is 8.48. The highest BCUT2D eigenvalue weighted by molar-refractivity contribution is 5.93. The Labute approximate surface area is 215 Å². The van der Waals surface area contributed by atoms with E-state index < -0.39 is 0 Å². The van der Waals surface area contributed by atoms with Gasteiger partial charge < -0.3 is 19.3 Å². The van der Waals surface area contributed by atoms with Gasteiger partial charge in [0.05, 0.1) is 19.9 Å². The number of anilines is 1. The lowest BCUT2D eigenvalue weighted by Crippen LogP contribution is -2.48. The van der Waals surface area contributed by atoms with Gasteiger partial charge in [0, 0.05) is 62.0 Å². The van der Waals surface area contributed by atoms with Crippen molar-refractivity contribution < 1.29 is 14.3 Å². The van der Waals surface area contributed by atoms with E-state index in [1.165, 1.54) is 0 Å². The van der Waals surface area contributed by atoms with Crippen molar-refractivity contribution in [3.05, 3.63) is 84.8 Å². The molecule has 9 nitrogen and oxygen atoms in total. The van der Waals surface area contributed by atoms with Gasteiger partial charge in [-0.25, -0.2) is 14.6 Å². The van der Waals surface area contributed by atoms with Crippen molar-refractivity contribution in [1.29, 1.82) is 0 Å². The maximum absolute atomic E-state index is 13.0. The van der Waals surface area contributed by atoms with Gasteiger partial charge in [0.15, 0.2) is 11.5 Å². The molecule has 188 valence electrons. The van der Waals surface area contributed by atoms with Gasteiger partial charge in [0.2, 0.25) is 11.9 Å². The first-order chi connectivity index (χ1) is 18.2. The summed E-state index contributed by atoms with van der Waals surface area (Å²) in [6.07, 6.45) is 8.83. The summed E-state index contributed by atoms with van der Waals surface area (Å²) in [5, 5.41) is 4.84. The molecular weight excluding hydrogens is 468 g/mol. The fourth-order valence-electron chi connectivity index (χ4n) is 4.28. The van der Waals surface area contributed by atoms with Crippen LogP contribution in [0.3, 0.4) is 0 Å². The zero-order chi connectivity index (χ0) is 25.6. The summed E-state index contributed by atoms with van der Waals surface area (Å²) >= 11 is 0. The minimum Gasteiger partial charge on any atom is -0.493 e. The predicted molar refractivity (Wildman–Crippen MR) is 142 cm³/mol. The van der Waals surface area contributed by atoms with Crippen LogP contribution in [-0.4, -0.2) is 71.0 Å². The summed E-state index contributed by atoms with van der Waals surface area (Å²) in [6, 6.07) is 17.3. The highest BCUT2D eigenvalue weighted by Crippen LogP contribution is 2.33. The smallest absolute Gasteiger partial charge is 0.246 e. The maximum Gasteiger partial charge on any atom is 0.246 e. The van der Waals surface area contributed by atoms with Crippen molar-refractivity contribution in [2.45, 2.75) is 0 Å². The lowest BCUT2D eigenvalue weighted by Gasteiger charge is -2.34. The Morgan fingerprint density at radius 3 is 2.32 bits per heavy atom. The molecule has 3 heterocycles. The number of piperazine rings is 1. The number of carbonyl (C=O) groups is 1. The normalized spacial score (nSPS) is 13.7. The maximum atomic E-state index is 13.0. The highest BCUT2D eigenvalue weighted by Gasteiger charge is 2.21. The fourth-order valence-corrected chi connectivity index (χ4v) is 4.28. The molecule has 0 saturated carbocycles. The molecule has 37 heavy (non-hydrogen) atoms. The third-order valence-electron chi connectivity index (χ3n) is 6.25. The number of nitrogens with zero attached hydrogens (tertiary/aromatic N) is 6. The number of methoxy groups -OCH3 is 2. The Kier molecular flexibility index (Phi) is 7.12. The fraction of sp³-hybridized carbons (Fsp3) is 0.214. The molecule has 0 bridgehead atoms. The van der Waals surface area contributed by atoms with E-state index in [4.69, 9.17) is 14.6 Å². The van der Waals surface area contributed by atoms with Gasteiger partial charge in [0.1, 0.15) is 5.69 Å². The van der Waals surface area contributed by atoms with Gasteiger partial charge in [-0.1, -0.05) is 18.2 Å². The zero-order valence-corrected chi connectivity index (χ0v) is 20.8. The van der Waals surface area contributed by atoms with Gasteiger partial charge in [-0.15, -0.1) is 0 Å². The number of ether oxygens (including phenoxy) is 2. The summed E-state index contributed by atoms with van der Waals surface area (Å²) in [5.74, 6) is 1.90. The van der Waals surface area contributed by atoms with E-state index >= 15 is 0 Å². The molecule has 0 N–H and O–H groups in total. The van der Waals surface area contributed by atoms with Crippen LogP contribution in [-0.2, 0) is 4.79 Å². The molecule has 1 amide bonds. The molecule has 4 aromatic rings. The summed E-state index contributed by atoms with van der Waals surface area (Å²) in [5.41, 5.74) is 3.34. The molecule has 0 aliphatic carbocycles. The first-order valence-electron chi connectivity index (χ1n) is 12.0. The molecule has 0 unspecified atom stereocenters. The molecule has 1 aliphatic heterocycles. The predicted octanol–water partition coefficient (Wildman–Crippen LogP) is 3.71. The Balaban J connectivity index is 1.38. The second-order valence-corrected chi connectivity index (χ2v) is 8.48. The first kappa shape index (κ1) is 24.1. The second kappa shape index (κ2) is 10.9. The van der Waals surface area contributed by atoms with Crippen molar-refractivity contribution in [2.75, 3.05) is 45.3 Å². The average Bonchev–Trinajstić information content (AvgIpc) is 3.41. The Morgan fingerprint density at radius 2 is 1.62 bits per heavy atom. The molecular formula is C28H28N6O3. The minimum atomic E-state index is -0.0423. The van der Waals surface area contributed by atoms with Crippen LogP contribution in [0, 0.1) is 0 Å². The number of amides is 1. The van der Waals surface area contributed by atoms with Crippen LogP contribution >= 0.6 is 0 Å². The largest absolute Gasteiger partial charge is 0.493 e. The number of aromatic nitrogens is 4. The molecule has 2 aromatic carbocycles. The number of hydrogen-bond donors (Lipinski definition) is 0. The van der Waals surface area contributed by atoms with E-state index in [0.717, 1.165) is 22.5 Å². The summed E-state index contributed by atoms with van der Waals surface area (Å²) in [4.78, 5) is 25.6. The van der Waals surface area contributed by atoms with Crippen LogP contribution in [0.15, 0.2) is 79.3 Å². The number of rotatable bonds is 7. The molecule has 0 atom stereocenters. The zero-order valence-electron chi connectivity index (χ0n) is 20.8. The van der Waals surface area contributed by atoms with Gasteiger partial charge in [0.25, 0.3) is 0 Å². The summed E-state index contributed by atoms with van der Waals surface area (Å²) in [6.45, 7) is 2.58. The van der Waals surface area contributed by atoms with E-state index in [1.807, 2.05) is 70.4 Å². The van der Waals surface area contributed by atoms with Crippen molar-refractivity contribution >= 4 is 17.9 Å². The van der Waals surface area contributed by atoms with Crippen LogP contribution < -0.4 is 14.4 Å². The Hall–Kier alpha value is -4.66. The van der Waals surface area contributed by atoms with Crippen LogP contribution in [0.2, 0.25) is 0 Å². The average molecular weight is 497 g/mol. The van der Waals surface area contributed by atoms with Crippen molar-refractivity contribution in [3.8, 4) is 28.4 Å². The third kappa shape index (κ3) is 5.30. The summed E-state index contributed by atoms with van der Waals surface area (Å²) < 4.78 is 12.7. The molecule has 1 saturated heterocycles. The van der Waals surface area contributed by atoms with Crippen LogP contribution in [0.1, 0.15) is 5.56 Å². The molecule has 5 rings (SSSR count). The number of hydrogen-bond acceptors (Lipinski definition) is 7. The van der Waals surface area contributed by atoms with E-state index in [2.05, 4.69) is 14.9 Å². The number of para-hydroxylation sites is 1. The number of carbonyl (C=O) groups excluding carboxylic acids is 1. The van der Waals surface area contributed by atoms with Crippen LogP contribution in [0.4, 0.5) is 5.95 Å². The van der Waals surface area contributed by atoms with Gasteiger partial charge in [-0.05, 0) is 42.5 Å². The minimum absolute atomic E-state index is 0.0423. The third-order valence-corrected chi connectivity index (χ3v) is 6.25. The SMILES string of the molecule is COc1ccc(-c2nn(-c3ccccc3)cc2/C=C/C(=O)N2CCN(c3ncccn3)CC2)cc1OC. The number of benzene rings is 2. The molecule has 2 aromatic heterocycles. The van der Waals surface area contributed by atoms with Gasteiger partial charge >= 0.3 is 0 Å². The molecule has 1 aliphatic rings. The van der Waals surface area contributed by atoms with Gasteiger partial charge in [-0.3, -0.25) is 4.79 Å².